The number of rotatable bonds is 2. The van der Waals surface area contributed by atoms with E-state index in [2.05, 4.69) is 23.8 Å². The van der Waals surface area contributed by atoms with E-state index >= 15 is 0 Å². The van der Waals surface area contributed by atoms with Crippen LogP contribution < -0.4 is 0 Å². The molecule has 1 heterocycles. The number of aromatic nitrogens is 2. The van der Waals surface area contributed by atoms with Gasteiger partial charge in [-0.05, 0) is 13.0 Å². The first-order valence-corrected chi connectivity index (χ1v) is 4.57. The molecule has 0 N–H and O–H groups in total. The molecule has 0 atom stereocenters. The maximum absolute atomic E-state index is 5.69. The second-order valence-corrected chi connectivity index (χ2v) is 3.41. The van der Waals surface area contributed by atoms with Crippen molar-refractivity contribution < 1.29 is 0 Å². The smallest absolute Gasteiger partial charge is 0.131 e. The van der Waals surface area contributed by atoms with Crippen LogP contribution in [0.15, 0.2) is 6.07 Å². The molecule has 0 bridgehead atoms. The summed E-state index contributed by atoms with van der Waals surface area (Å²) in [5.41, 5.74) is 1.90. The lowest BCUT2D eigenvalue weighted by atomic mass is 10.2. The Morgan fingerprint density at radius 3 is 2.58 bits per heavy atom. The maximum atomic E-state index is 5.69. The van der Waals surface area contributed by atoms with E-state index in [1.54, 1.807) is 0 Å². The third-order valence-corrected chi connectivity index (χ3v) is 1.85. The van der Waals surface area contributed by atoms with Crippen LogP contribution in [0.4, 0.5) is 0 Å². The highest BCUT2D eigenvalue weighted by atomic mass is 35.5. The summed E-state index contributed by atoms with van der Waals surface area (Å²) in [4.78, 5) is 8.62. The van der Waals surface area contributed by atoms with Gasteiger partial charge in [0.2, 0.25) is 0 Å². The molecule has 0 spiro atoms. The van der Waals surface area contributed by atoms with Crippen molar-refractivity contribution in [1.82, 2.24) is 9.97 Å². The van der Waals surface area contributed by atoms with Crippen molar-refractivity contribution in [2.75, 3.05) is 0 Å². The van der Waals surface area contributed by atoms with Crippen molar-refractivity contribution in [3.05, 3.63) is 23.3 Å². The third kappa shape index (κ3) is 2.18. The van der Waals surface area contributed by atoms with Crippen molar-refractivity contribution in [2.45, 2.75) is 32.6 Å². The van der Waals surface area contributed by atoms with Gasteiger partial charge >= 0.3 is 0 Å². The number of hydrogen-bond acceptors (Lipinski definition) is 2. The van der Waals surface area contributed by atoms with Crippen LogP contribution >= 0.6 is 11.6 Å². The van der Waals surface area contributed by atoms with Gasteiger partial charge in [-0.2, -0.15) is 0 Å². The second-order valence-electron chi connectivity index (χ2n) is 3.15. The van der Waals surface area contributed by atoms with Gasteiger partial charge in [-0.3, -0.25) is 0 Å². The van der Waals surface area contributed by atoms with E-state index < -0.39 is 0 Å². The molecule has 66 valence electrons. The Morgan fingerprint density at radius 1 is 1.42 bits per heavy atom. The van der Waals surface area contributed by atoms with Crippen molar-refractivity contribution in [2.24, 2.45) is 0 Å². The van der Waals surface area contributed by atoms with Crippen LogP contribution in [0.1, 0.15) is 37.0 Å². The molecule has 1 aromatic rings. The zero-order valence-corrected chi connectivity index (χ0v) is 8.39. The van der Waals surface area contributed by atoms with Gasteiger partial charge in [0.05, 0.1) is 11.6 Å². The van der Waals surface area contributed by atoms with E-state index in [4.69, 9.17) is 11.6 Å². The Kier molecular flexibility index (Phi) is 3.04. The zero-order valence-electron chi connectivity index (χ0n) is 7.63. The van der Waals surface area contributed by atoms with Gasteiger partial charge in [0.15, 0.2) is 0 Å². The number of aryl methyl sites for hydroxylation is 1. The molecule has 0 radical (unpaired) electrons. The molecule has 0 saturated heterocycles. The van der Waals surface area contributed by atoms with Gasteiger partial charge in [-0.1, -0.05) is 13.8 Å². The molecule has 0 saturated carbocycles. The van der Waals surface area contributed by atoms with Crippen LogP contribution in [0.3, 0.4) is 0 Å². The van der Waals surface area contributed by atoms with Crippen molar-refractivity contribution in [3.8, 4) is 0 Å². The molecular formula is C9H13ClN2. The highest BCUT2D eigenvalue weighted by molar-refractivity contribution is 6.16. The standard InChI is InChI=1S/C9H13ClN2/c1-6(2)9-11-7(3)4-8(5-10)12-9/h4,6H,5H2,1-3H3. The van der Waals surface area contributed by atoms with Crippen LogP contribution in [0.5, 0.6) is 0 Å². The summed E-state index contributed by atoms with van der Waals surface area (Å²) < 4.78 is 0. The molecule has 0 aromatic carbocycles. The van der Waals surface area contributed by atoms with Crippen molar-refractivity contribution >= 4 is 11.6 Å². The topological polar surface area (TPSA) is 25.8 Å². The number of halogens is 1. The second kappa shape index (κ2) is 3.85. The van der Waals surface area contributed by atoms with E-state index in [1.807, 2.05) is 13.0 Å². The monoisotopic (exact) mass is 184 g/mol. The molecule has 0 unspecified atom stereocenters. The average Bonchev–Trinajstić information content (AvgIpc) is 2.03. The van der Waals surface area contributed by atoms with Gasteiger partial charge in [0, 0.05) is 11.6 Å². The van der Waals surface area contributed by atoms with Crippen LogP contribution in [0.2, 0.25) is 0 Å². The summed E-state index contributed by atoms with van der Waals surface area (Å²) in [5.74, 6) is 1.71. The number of hydrogen-bond donors (Lipinski definition) is 0. The Balaban J connectivity index is 3.06. The van der Waals surface area contributed by atoms with Gasteiger partial charge in [-0.15, -0.1) is 11.6 Å². The third-order valence-electron chi connectivity index (χ3n) is 1.58. The minimum Gasteiger partial charge on any atom is -0.238 e. The van der Waals surface area contributed by atoms with E-state index in [0.29, 0.717) is 11.8 Å². The first-order chi connectivity index (χ1) is 5.63. The lowest BCUT2D eigenvalue weighted by Gasteiger charge is -2.05. The quantitative estimate of drug-likeness (QED) is 0.661. The first kappa shape index (κ1) is 9.46. The van der Waals surface area contributed by atoms with E-state index in [0.717, 1.165) is 17.2 Å². The summed E-state index contributed by atoms with van der Waals surface area (Å²) in [6, 6.07) is 1.92. The largest absolute Gasteiger partial charge is 0.238 e. The Labute approximate surface area is 78.0 Å². The SMILES string of the molecule is Cc1cc(CCl)nc(C(C)C)n1. The summed E-state index contributed by atoms with van der Waals surface area (Å²) in [5, 5.41) is 0. The highest BCUT2D eigenvalue weighted by Gasteiger charge is 2.04. The van der Waals surface area contributed by atoms with Crippen LogP contribution in [-0.2, 0) is 5.88 Å². The molecule has 12 heavy (non-hydrogen) atoms. The lowest BCUT2D eigenvalue weighted by molar-refractivity contribution is 0.756. The predicted molar refractivity (Wildman–Crippen MR) is 50.4 cm³/mol. The predicted octanol–water partition coefficient (Wildman–Crippen LogP) is 2.65. The molecule has 0 fully saturated rings. The Bertz CT molecular complexity index is 271. The fraction of sp³-hybridized carbons (Fsp3) is 0.556. The van der Waals surface area contributed by atoms with Gasteiger partial charge in [0.25, 0.3) is 0 Å². The van der Waals surface area contributed by atoms with Crippen LogP contribution in [-0.4, -0.2) is 9.97 Å². The minimum absolute atomic E-state index is 0.367. The van der Waals surface area contributed by atoms with Gasteiger partial charge < -0.3 is 0 Å². The van der Waals surface area contributed by atoms with Crippen molar-refractivity contribution in [1.29, 1.82) is 0 Å². The van der Waals surface area contributed by atoms with Crippen LogP contribution in [0, 0.1) is 6.92 Å². The van der Waals surface area contributed by atoms with E-state index in [9.17, 15) is 0 Å². The highest BCUT2D eigenvalue weighted by Crippen LogP contribution is 2.11. The van der Waals surface area contributed by atoms with E-state index in [-0.39, 0.29) is 0 Å². The lowest BCUT2D eigenvalue weighted by Crippen LogP contribution is -2.01. The minimum atomic E-state index is 0.367. The molecule has 0 aliphatic heterocycles. The molecule has 3 heteroatoms. The molecule has 1 aromatic heterocycles. The normalized spacial score (nSPS) is 10.8. The summed E-state index contributed by atoms with van der Waals surface area (Å²) in [6.45, 7) is 6.11. The van der Waals surface area contributed by atoms with Crippen molar-refractivity contribution in [3.63, 3.8) is 0 Å². The Hall–Kier alpha value is -0.630. The Morgan fingerprint density at radius 2 is 2.08 bits per heavy atom. The molecular weight excluding hydrogens is 172 g/mol. The van der Waals surface area contributed by atoms with Gasteiger partial charge in [-0.25, -0.2) is 9.97 Å². The van der Waals surface area contributed by atoms with Crippen LogP contribution in [0.25, 0.3) is 0 Å². The molecule has 1 rings (SSSR count). The van der Waals surface area contributed by atoms with Gasteiger partial charge in [0.1, 0.15) is 5.82 Å². The summed E-state index contributed by atoms with van der Waals surface area (Å²) in [7, 11) is 0. The fourth-order valence-electron chi connectivity index (χ4n) is 0.985. The average molecular weight is 185 g/mol. The molecule has 0 amide bonds. The zero-order chi connectivity index (χ0) is 9.14. The maximum Gasteiger partial charge on any atom is 0.131 e. The number of nitrogens with zero attached hydrogens (tertiary/aromatic N) is 2. The summed E-state index contributed by atoms with van der Waals surface area (Å²) in [6.07, 6.45) is 0. The van der Waals surface area contributed by atoms with E-state index in [1.165, 1.54) is 0 Å². The summed E-state index contributed by atoms with van der Waals surface area (Å²) >= 11 is 5.69. The first-order valence-electron chi connectivity index (χ1n) is 4.04. The molecule has 0 aliphatic carbocycles. The molecule has 0 aliphatic rings. The fourth-order valence-corrected chi connectivity index (χ4v) is 1.12. The molecule has 2 nitrogen and oxygen atoms in total. The number of alkyl halides is 1.